The quantitative estimate of drug-likeness (QED) is 0.516. The second-order valence-electron chi connectivity index (χ2n) is 9.70. The number of hydrogen-bond donors (Lipinski definition) is 1. The van der Waals surface area contributed by atoms with Gasteiger partial charge in [0.2, 0.25) is 5.91 Å². The fraction of sp³-hybridized carbons (Fsp3) is 0.483. The van der Waals surface area contributed by atoms with Gasteiger partial charge in [0.05, 0.1) is 18.6 Å². The zero-order chi connectivity index (χ0) is 25.3. The molecule has 192 valence electrons. The topological polar surface area (TPSA) is 79.0 Å². The van der Waals surface area contributed by atoms with Crippen molar-refractivity contribution in [2.45, 2.75) is 51.9 Å². The van der Waals surface area contributed by atoms with Gasteiger partial charge in [-0.3, -0.25) is 14.4 Å². The number of nitrogens with zero attached hydrogens (tertiary/aromatic N) is 2. The second kappa shape index (κ2) is 12.6. The Morgan fingerprint density at radius 1 is 0.944 bits per heavy atom. The largest absolute Gasteiger partial charge is 0.466 e. The van der Waals surface area contributed by atoms with Crippen LogP contribution in [-0.4, -0.2) is 55.5 Å². The van der Waals surface area contributed by atoms with Crippen molar-refractivity contribution in [3.8, 4) is 0 Å². The first-order valence-corrected chi connectivity index (χ1v) is 13.2. The Kier molecular flexibility index (Phi) is 8.98. The molecule has 2 heterocycles. The molecule has 0 saturated carbocycles. The van der Waals surface area contributed by atoms with Crippen LogP contribution in [-0.2, 0) is 20.7 Å². The lowest BCUT2D eigenvalue weighted by molar-refractivity contribution is -0.144. The molecule has 2 fully saturated rings. The van der Waals surface area contributed by atoms with Crippen LogP contribution in [0.1, 0.15) is 61.4 Å². The summed E-state index contributed by atoms with van der Waals surface area (Å²) in [5.41, 5.74) is 3.54. The summed E-state index contributed by atoms with van der Waals surface area (Å²) in [7, 11) is 0. The Morgan fingerprint density at radius 2 is 1.67 bits per heavy atom. The third kappa shape index (κ3) is 6.86. The maximum atomic E-state index is 13.5. The van der Waals surface area contributed by atoms with Crippen molar-refractivity contribution in [3.63, 3.8) is 0 Å². The predicted molar refractivity (Wildman–Crippen MR) is 141 cm³/mol. The van der Waals surface area contributed by atoms with Gasteiger partial charge in [0.15, 0.2) is 0 Å². The van der Waals surface area contributed by atoms with Crippen LogP contribution in [0.25, 0.3) is 0 Å². The predicted octanol–water partition coefficient (Wildman–Crippen LogP) is 4.66. The molecule has 2 aliphatic heterocycles. The number of carbonyl (C=O) groups is 3. The Bertz CT molecular complexity index is 1040. The molecule has 2 amide bonds. The molecular formula is C29H37N3O4. The molecule has 0 unspecified atom stereocenters. The summed E-state index contributed by atoms with van der Waals surface area (Å²) in [5.74, 6) is 0.0107. The molecule has 0 radical (unpaired) electrons. The molecular weight excluding hydrogens is 454 g/mol. The molecule has 0 aromatic heterocycles. The van der Waals surface area contributed by atoms with Gasteiger partial charge in [0, 0.05) is 44.0 Å². The summed E-state index contributed by atoms with van der Waals surface area (Å²) in [5, 5.41) is 2.85. The third-order valence-corrected chi connectivity index (χ3v) is 7.09. The smallest absolute Gasteiger partial charge is 0.306 e. The highest BCUT2D eigenvalue weighted by Crippen LogP contribution is 2.31. The fourth-order valence-corrected chi connectivity index (χ4v) is 5.15. The molecule has 7 heteroatoms. The molecule has 4 rings (SSSR count). The van der Waals surface area contributed by atoms with Gasteiger partial charge in [0.1, 0.15) is 0 Å². The van der Waals surface area contributed by atoms with Crippen LogP contribution in [0, 0.1) is 5.92 Å². The number of amides is 2. The van der Waals surface area contributed by atoms with Crippen LogP contribution in [0.2, 0.25) is 0 Å². The van der Waals surface area contributed by atoms with E-state index in [0.717, 1.165) is 64.0 Å². The van der Waals surface area contributed by atoms with Crippen LogP contribution >= 0.6 is 0 Å². The Labute approximate surface area is 213 Å². The van der Waals surface area contributed by atoms with Gasteiger partial charge in [0.25, 0.3) is 5.91 Å². The number of piperidine rings is 1. The van der Waals surface area contributed by atoms with Gasteiger partial charge >= 0.3 is 5.97 Å². The van der Waals surface area contributed by atoms with E-state index in [1.54, 1.807) is 13.0 Å². The van der Waals surface area contributed by atoms with Crippen molar-refractivity contribution in [3.05, 3.63) is 59.7 Å². The maximum Gasteiger partial charge on any atom is 0.306 e. The molecule has 0 bridgehead atoms. The lowest BCUT2D eigenvalue weighted by atomic mass is 9.89. The lowest BCUT2D eigenvalue weighted by Gasteiger charge is -2.35. The molecule has 0 spiro atoms. The molecule has 2 aromatic rings. The molecule has 2 saturated heterocycles. The first kappa shape index (κ1) is 25.7. The number of benzene rings is 2. The maximum absolute atomic E-state index is 13.5. The van der Waals surface area contributed by atoms with Gasteiger partial charge in [-0.25, -0.2) is 0 Å². The third-order valence-electron chi connectivity index (χ3n) is 7.09. The minimum atomic E-state index is -0.386. The summed E-state index contributed by atoms with van der Waals surface area (Å²) in [6.45, 7) is 5.39. The number of likely N-dealkylation sites (tertiary alicyclic amines) is 1. The number of carbonyl (C=O) groups excluding carboxylic acids is 3. The molecule has 1 N–H and O–H groups in total. The molecule has 7 nitrogen and oxygen atoms in total. The van der Waals surface area contributed by atoms with E-state index in [-0.39, 0.29) is 30.6 Å². The van der Waals surface area contributed by atoms with E-state index in [1.165, 1.54) is 5.56 Å². The standard InChI is InChI=1S/C29H37N3O4/c1-2-36-28(34)13-12-27(33)30-24-10-11-26(25(21-24)29(35)32-16-6-7-17-32)31-18-14-23(15-19-31)20-22-8-4-3-5-9-22/h3-5,8-11,21,23H,2,6-7,12-20H2,1H3,(H,30,33). The minimum Gasteiger partial charge on any atom is -0.466 e. The van der Waals surface area contributed by atoms with Crippen molar-refractivity contribution >= 4 is 29.2 Å². The van der Waals surface area contributed by atoms with Crippen molar-refractivity contribution in [1.82, 2.24) is 4.90 Å². The first-order chi connectivity index (χ1) is 17.5. The average Bonchev–Trinajstić information content (AvgIpc) is 3.44. The normalized spacial score (nSPS) is 16.1. The van der Waals surface area contributed by atoms with Crippen LogP contribution in [0.3, 0.4) is 0 Å². The average molecular weight is 492 g/mol. The van der Waals surface area contributed by atoms with E-state index in [9.17, 15) is 14.4 Å². The number of anilines is 2. The zero-order valence-corrected chi connectivity index (χ0v) is 21.2. The summed E-state index contributed by atoms with van der Waals surface area (Å²) in [6, 6.07) is 16.2. The summed E-state index contributed by atoms with van der Waals surface area (Å²) < 4.78 is 4.90. The number of nitrogens with one attached hydrogen (secondary N) is 1. The Hall–Kier alpha value is -3.35. The Balaban J connectivity index is 1.44. The summed E-state index contributed by atoms with van der Waals surface area (Å²) in [6.07, 6.45) is 5.38. The number of hydrogen-bond acceptors (Lipinski definition) is 5. The van der Waals surface area contributed by atoms with Crippen molar-refractivity contribution in [2.75, 3.05) is 43.0 Å². The molecule has 0 aliphatic carbocycles. The molecule has 36 heavy (non-hydrogen) atoms. The number of esters is 1. The van der Waals surface area contributed by atoms with Crippen LogP contribution in [0.4, 0.5) is 11.4 Å². The van der Waals surface area contributed by atoms with E-state index in [1.807, 2.05) is 17.0 Å². The first-order valence-electron chi connectivity index (χ1n) is 13.2. The molecule has 2 aliphatic rings. The number of rotatable bonds is 9. The van der Waals surface area contributed by atoms with Crippen LogP contribution in [0.5, 0.6) is 0 Å². The van der Waals surface area contributed by atoms with Crippen LogP contribution in [0.15, 0.2) is 48.5 Å². The van der Waals surface area contributed by atoms with Gasteiger partial charge in [-0.15, -0.1) is 0 Å². The molecule has 2 aromatic carbocycles. The van der Waals surface area contributed by atoms with Gasteiger partial charge in [-0.1, -0.05) is 30.3 Å². The zero-order valence-electron chi connectivity index (χ0n) is 21.2. The summed E-state index contributed by atoms with van der Waals surface area (Å²) >= 11 is 0. The second-order valence-corrected chi connectivity index (χ2v) is 9.70. The van der Waals surface area contributed by atoms with E-state index < -0.39 is 0 Å². The SMILES string of the molecule is CCOC(=O)CCC(=O)Nc1ccc(N2CCC(Cc3ccccc3)CC2)c(C(=O)N2CCCC2)c1. The van der Waals surface area contributed by atoms with Gasteiger partial charge in [-0.05, 0) is 68.7 Å². The van der Waals surface area contributed by atoms with E-state index in [2.05, 4.69) is 40.5 Å². The van der Waals surface area contributed by atoms with Crippen molar-refractivity contribution < 1.29 is 19.1 Å². The van der Waals surface area contributed by atoms with Crippen molar-refractivity contribution in [2.24, 2.45) is 5.92 Å². The number of ether oxygens (including phenoxy) is 1. The van der Waals surface area contributed by atoms with Crippen LogP contribution < -0.4 is 10.2 Å². The summed E-state index contributed by atoms with van der Waals surface area (Å²) in [4.78, 5) is 41.7. The minimum absolute atomic E-state index is 0.0246. The van der Waals surface area contributed by atoms with Crippen molar-refractivity contribution in [1.29, 1.82) is 0 Å². The monoisotopic (exact) mass is 491 g/mol. The highest BCUT2D eigenvalue weighted by molar-refractivity contribution is 6.02. The van der Waals surface area contributed by atoms with Gasteiger partial charge in [-0.2, -0.15) is 0 Å². The Morgan fingerprint density at radius 3 is 2.36 bits per heavy atom. The molecule has 0 atom stereocenters. The van der Waals surface area contributed by atoms with E-state index in [4.69, 9.17) is 4.74 Å². The van der Waals surface area contributed by atoms with E-state index in [0.29, 0.717) is 23.8 Å². The van der Waals surface area contributed by atoms with E-state index >= 15 is 0 Å². The lowest BCUT2D eigenvalue weighted by Crippen LogP contribution is -2.36. The van der Waals surface area contributed by atoms with Gasteiger partial charge < -0.3 is 19.9 Å². The highest BCUT2D eigenvalue weighted by Gasteiger charge is 2.27. The highest BCUT2D eigenvalue weighted by atomic mass is 16.5. The fourth-order valence-electron chi connectivity index (χ4n) is 5.15.